The SMILES string of the molecule is CN(C)CCOc1ccc2c(ccc3occ(C4CCC(=O)C[C@H]5CC5C4=O)c32)n1. The first-order chi connectivity index (χ1) is 14.5. The minimum Gasteiger partial charge on any atom is -0.476 e. The topological polar surface area (TPSA) is 72.6 Å². The van der Waals surface area contributed by atoms with Crippen LogP contribution in [0.25, 0.3) is 21.9 Å². The molecule has 0 radical (unpaired) electrons. The summed E-state index contributed by atoms with van der Waals surface area (Å²) in [5, 5.41) is 1.88. The Labute approximate surface area is 175 Å². The molecular weight excluding hydrogens is 380 g/mol. The Hall–Kier alpha value is -2.73. The third kappa shape index (κ3) is 3.49. The second-order valence-corrected chi connectivity index (χ2v) is 8.84. The van der Waals surface area contributed by atoms with E-state index >= 15 is 0 Å². The molecule has 2 saturated carbocycles. The minimum atomic E-state index is -0.285. The smallest absolute Gasteiger partial charge is 0.213 e. The molecule has 0 spiro atoms. The maximum Gasteiger partial charge on any atom is 0.213 e. The maximum absolute atomic E-state index is 13.2. The number of Topliss-reactive ketones (excluding diaryl/α,β-unsaturated/α-hetero) is 2. The van der Waals surface area contributed by atoms with Gasteiger partial charge in [-0.1, -0.05) is 0 Å². The van der Waals surface area contributed by atoms with Crippen molar-refractivity contribution >= 4 is 33.4 Å². The number of hydrogen-bond acceptors (Lipinski definition) is 6. The summed E-state index contributed by atoms with van der Waals surface area (Å²) < 4.78 is 11.6. The van der Waals surface area contributed by atoms with Gasteiger partial charge < -0.3 is 14.1 Å². The predicted octanol–water partition coefficient (Wildman–Crippen LogP) is 3.96. The van der Waals surface area contributed by atoms with Gasteiger partial charge in [-0.2, -0.15) is 0 Å². The quantitative estimate of drug-likeness (QED) is 0.639. The summed E-state index contributed by atoms with van der Waals surface area (Å²) in [5.41, 5.74) is 2.45. The van der Waals surface area contributed by atoms with E-state index in [4.69, 9.17) is 9.15 Å². The van der Waals surface area contributed by atoms with E-state index in [1.165, 1.54) is 0 Å². The van der Waals surface area contributed by atoms with Crippen LogP contribution in [0.1, 0.15) is 37.2 Å². The van der Waals surface area contributed by atoms with Crippen molar-refractivity contribution in [3.63, 3.8) is 0 Å². The van der Waals surface area contributed by atoms with Gasteiger partial charge in [0.2, 0.25) is 5.88 Å². The van der Waals surface area contributed by atoms with Gasteiger partial charge in [-0.05, 0) is 51.1 Å². The van der Waals surface area contributed by atoms with Crippen LogP contribution >= 0.6 is 0 Å². The number of nitrogens with zero attached hydrogens (tertiary/aromatic N) is 2. The molecule has 0 N–H and O–H groups in total. The molecule has 3 atom stereocenters. The molecule has 0 bridgehead atoms. The van der Waals surface area contributed by atoms with Gasteiger partial charge in [0, 0.05) is 53.6 Å². The monoisotopic (exact) mass is 406 g/mol. The van der Waals surface area contributed by atoms with Crippen molar-refractivity contribution in [1.29, 1.82) is 0 Å². The molecule has 6 nitrogen and oxygen atoms in total. The van der Waals surface area contributed by atoms with Crippen molar-refractivity contribution in [2.45, 2.75) is 31.6 Å². The molecule has 30 heavy (non-hydrogen) atoms. The van der Waals surface area contributed by atoms with E-state index in [0.29, 0.717) is 31.7 Å². The lowest BCUT2D eigenvalue weighted by atomic mass is 9.84. The fraction of sp³-hybridized carbons (Fsp3) is 0.458. The Morgan fingerprint density at radius 3 is 2.90 bits per heavy atom. The van der Waals surface area contributed by atoms with Crippen LogP contribution in [0.5, 0.6) is 5.88 Å². The standard InChI is InChI=1S/C24H26N2O4/c1-26(2)9-10-29-22-8-5-17-20(25-22)6-7-21-23(17)19(13-30-21)16-4-3-15(27)11-14-12-18(14)24(16)28/h5-8,13-14,16,18H,3-4,9-12H2,1-2H3/t14-,16?,18?/m0/s1. The number of rotatable bonds is 5. The molecular formula is C24H26N2O4. The third-order valence-electron chi connectivity index (χ3n) is 6.41. The van der Waals surface area contributed by atoms with E-state index in [9.17, 15) is 9.59 Å². The molecule has 0 saturated heterocycles. The summed E-state index contributed by atoms with van der Waals surface area (Å²) in [6.07, 6.45) is 4.15. The lowest BCUT2D eigenvalue weighted by Crippen LogP contribution is -2.20. The number of aromatic nitrogens is 1. The summed E-state index contributed by atoms with van der Waals surface area (Å²) in [6, 6.07) is 7.68. The molecule has 0 amide bonds. The van der Waals surface area contributed by atoms with Crippen LogP contribution < -0.4 is 4.74 Å². The van der Waals surface area contributed by atoms with E-state index in [-0.39, 0.29) is 29.3 Å². The number of carbonyl (C=O) groups excluding carboxylic acids is 2. The highest BCUT2D eigenvalue weighted by molar-refractivity contribution is 6.08. The average molecular weight is 406 g/mol. The van der Waals surface area contributed by atoms with Crippen LogP contribution in [0, 0.1) is 11.8 Å². The number of likely N-dealkylation sites (N-methyl/N-ethyl adjacent to an activating group) is 1. The van der Waals surface area contributed by atoms with E-state index in [2.05, 4.69) is 9.88 Å². The van der Waals surface area contributed by atoms with Gasteiger partial charge in [-0.25, -0.2) is 4.98 Å². The second-order valence-electron chi connectivity index (χ2n) is 8.84. The van der Waals surface area contributed by atoms with Gasteiger partial charge in [-0.3, -0.25) is 9.59 Å². The van der Waals surface area contributed by atoms with Gasteiger partial charge in [0.25, 0.3) is 0 Å². The highest BCUT2D eigenvalue weighted by Gasteiger charge is 2.48. The first-order valence-corrected chi connectivity index (χ1v) is 10.6. The molecule has 156 valence electrons. The summed E-state index contributed by atoms with van der Waals surface area (Å²) in [4.78, 5) is 32.0. The molecule has 0 aliphatic heterocycles. The van der Waals surface area contributed by atoms with Gasteiger partial charge in [-0.15, -0.1) is 0 Å². The van der Waals surface area contributed by atoms with Crippen LogP contribution in [0.15, 0.2) is 34.9 Å². The molecule has 2 heterocycles. The van der Waals surface area contributed by atoms with Crippen LogP contribution in [0.2, 0.25) is 0 Å². The Morgan fingerprint density at radius 2 is 2.07 bits per heavy atom. The first-order valence-electron chi connectivity index (χ1n) is 10.6. The first kappa shape index (κ1) is 19.2. The Morgan fingerprint density at radius 1 is 1.20 bits per heavy atom. The zero-order valence-electron chi connectivity index (χ0n) is 17.4. The predicted molar refractivity (Wildman–Crippen MR) is 114 cm³/mol. The van der Waals surface area contributed by atoms with Crippen LogP contribution in [-0.4, -0.2) is 48.7 Å². The van der Waals surface area contributed by atoms with Gasteiger partial charge >= 0.3 is 0 Å². The lowest BCUT2D eigenvalue weighted by molar-refractivity contribution is -0.124. The second kappa shape index (κ2) is 7.51. The van der Waals surface area contributed by atoms with E-state index in [0.717, 1.165) is 40.4 Å². The van der Waals surface area contributed by atoms with Crippen LogP contribution in [-0.2, 0) is 9.59 Å². The fourth-order valence-electron chi connectivity index (χ4n) is 4.65. The normalized spacial score (nSPS) is 24.2. The highest BCUT2D eigenvalue weighted by Crippen LogP contribution is 2.49. The van der Waals surface area contributed by atoms with E-state index < -0.39 is 0 Å². The number of hydrogen-bond donors (Lipinski definition) is 0. The molecule has 2 unspecified atom stereocenters. The third-order valence-corrected chi connectivity index (χ3v) is 6.41. The highest BCUT2D eigenvalue weighted by atomic mass is 16.5. The summed E-state index contributed by atoms with van der Waals surface area (Å²) in [6.45, 7) is 1.38. The number of benzene rings is 1. The molecule has 3 aromatic rings. The van der Waals surface area contributed by atoms with Crippen molar-refractivity contribution in [2.75, 3.05) is 27.2 Å². The van der Waals surface area contributed by atoms with Crippen molar-refractivity contribution < 1.29 is 18.7 Å². The fourth-order valence-corrected chi connectivity index (χ4v) is 4.65. The number of ether oxygens (including phenoxy) is 1. The number of ketones is 2. The number of carbonyl (C=O) groups is 2. The number of furan rings is 1. The van der Waals surface area contributed by atoms with Gasteiger partial charge in [0.05, 0.1) is 11.8 Å². The molecule has 2 aliphatic carbocycles. The minimum absolute atomic E-state index is 0.0361. The molecule has 5 rings (SSSR count). The summed E-state index contributed by atoms with van der Waals surface area (Å²) in [5.74, 6) is 1.14. The number of pyridine rings is 1. The lowest BCUT2D eigenvalue weighted by Gasteiger charge is -2.17. The van der Waals surface area contributed by atoms with Crippen molar-refractivity contribution in [3.8, 4) is 5.88 Å². The Kier molecular flexibility index (Phi) is 4.82. The molecule has 6 heteroatoms. The molecule has 2 aromatic heterocycles. The maximum atomic E-state index is 13.2. The van der Waals surface area contributed by atoms with E-state index in [1.54, 1.807) is 6.26 Å². The summed E-state index contributed by atoms with van der Waals surface area (Å²) >= 11 is 0. The molecule has 2 fully saturated rings. The van der Waals surface area contributed by atoms with Crippen molar-refractivity contribution in [2.24, 2.45) is 11.8 Å². The zero-order valence-corrected chi connectivity index (χ0v) is 17.4. The van der Waals surface area contributed by atoms with Crippen molar-refractivity contribution in [3.05, 3.63) is 36.1 Å². The molecule has 2 aliphatic rings. The van der Waals surface area contributed by atoms with Gasteiger partial charge in [0.15, 0.2) is 0 Å². The van der Waals surface area contributed by atoms with Crippen LogP contribution in [0.4, 0.5) is 0 Å². The van der Waals surface area contributed by atoms with Crippen LogP contribution in [0.3, 0.4) is 0 Å². The molecule has 1 aromatic carbocycles. The Bertz CT molecular complexity index is 1130. The summed E-state index contributed by atoms with van der Waals surface area (Å²) in [7, 11) is 4.00. The zero-order chi connectivity index (χ0) is 20.8. The Balaban J connectivity index is 1.52. The van der Waals surface area contributed by atoms with Gasteiger partial charge in [0.1, 0.15) is 23.8 Å². The average Bonchev–Trinajstić information content (AvgIpc) is 3.33. The van der Waals surface area contributed by atoms with E-state index in [1.807, 2.05) is 38.4 Å². The van der Waals surface area contributed by atoms with Crippen molar-refractivity contribution in [1.82, 2.24) is 9.88 Å². The number of fused-ring (bicyclic) bond motifs is 4. The largest absolute Gasteiger partial charge is 0.476 e.